The van der Waals surface area contributed by atoms with E-state index in [0.717, 1.165) is 17.7 Å². The summed E-state index contributed by atoms with van der Waals surface area (Å²) in [5.41, 5.74) is 0.511. The van der Waals surface area contributed by atoms with E-state index in [1.807, 2.05) is 11.0 Å². The van der Waals surface area contributed by atoms with Crippen molar-refractivity contribution in [2.75, 3.05) is 24.6 Å². The first kappa shape index (κ1) is 17.1. The number of aromatic nitrogens is 1. The van der Waals surface area contributed by atoms with Crippen LogP contribution in [-0.2, 0) is 10.9 Å². The summed E-state index contributed by atoms with van der Waals surface area (Å²) in [6.45, 7) is 1.61. The second-order valence-electron chi connectivity index (χ2n) is 6.08. The molecule has 4 rings (SSSR count). The van der Waals surface area contributed by atoms with Crippen molar-refractivity contribution in [3.8, 4) is 5.75 Å². The highest BCUT2D eigenvalue weighted by atomic mass is 32.1. The van der Waals surface area contributed by atoms with Gasteiger partial charge in [0.15, 0.2) is 5.13 Å². The Morgan fingerprint density at radius 1 is 1.19 bits per heavy atom. The van der Waals surface area contributed by atoms with Gasteiger partial charge in [-0.2, -0.15) is 13.2 Å². The first-order valence-corrected chi connectivity index (χ1v) is 8.85. The van der Waals surface area contributed by atoms with Crippen LogP contribution in [-0.4, -0.2) is 29.8 Å². The van der Waals surface area contributed by atoms with Crippen molar-refractivity contribution in [3.05, 3.63) is 53.6 Å². The van der Waals surface area contributed by atoms with Crippen molar-refractivity contribution in [1.29, 1.82) is 0 Å². The van der Waals surface area contributed by atoms with Gasteiger partial charge in [0, 0.05) is 6.54 Å². The molecule has 1 fully saturated rings. The van der Waals surface area contributed by atoms with E-state index in [1.165, 1.54) is 17.4 Å². The van der Waals surface area contributed by atoms with Gasteiger partial charge < -0.3 is 14.7 Å². The fourth-order valence-electron chi connectivity index (χ4n) is 2.98. The van der Waals surface area contributed by atoms with E-state index >= 15 is 0 Å². The lowest BCUT2D eigenvalue weighted by Gasteiger charge is -2.33. The minimum Gasteiger partial charge on any atom is -0.508 e. The molecule has 1 aliphatic rings. The maximum absolute atomic E-state index is 12.9. The number of halogens is 3. The molecule has 0 radical (unpaired) electrons. The molecule has 2 heterocycles. The predicted molar refractivity (Wildman–Crippen MR) is 93.6 cm³/mol. The summed E-state index contributed by atoms with van der Waals surface area (Å²) in [5, 5.41) is 10.3. The number of hydrogen-bond acceptors (Lipinski definition) is 5. The second kappa shape index (κ2) is 6.44. The first-order chi connectivity index (χ1) is 12.4. The molecule has 26 heavy (non-hydrogen) atoms. The van der Waals surface area contributed by atoms with Gasteiger partial charge in [0.05, 0.1) is 28.9 Å². The Balaban J connectivity index is 1.60. The summed E-state index contributed by atoms with van der Waals surface area (Å²) < 4.78 is 45.1. The number of anilines is 1. The van der Waals surface area contributed by atoms with Crippen molar-refractivity contribution < 1.29 is 23.0 Å². The van der Waals surface area contributed by atoms with E-state index in [-0.39, 0.29) is 11.9 Å². The van der Waals surface area contributed by atoms with Crippen LogP contribution < -0.4 is 4.90 Å². The quantitative estimate of drug-likeness (QED) is 0.706. The Hall–Kier alpha value is -2.32. The number of ether oxygens (including phenoxy) is 1. The lowest BCUT2D eigenvalue weighted by Crippen LogP contribution is -2.38. The number of alkyl halides is 3. The molecule has 1 saturated heterocycles. The zero-order valence-electron chi connectivity index (χ0n) is 13.5. The number of nitrogens with zero attached hydrogens (tertiary/aromatic N) is 2. The fraction of sp³-hybridized carbons (Fsp3) is 0.278. The van der Waals surface area contributed by atoms with Crippen LogP contribution in [0, 0.1) is 0 Å². The van der Waals surface area contributed by atoms with Gasteiger partial charge in [0.25, 0.3) is 0 Å². The number of benzene rings is 2. The maximum Gasteiger partial charge on any atom is 0.416 e. The molecule has 0 spiro atoms. The van der Waals surface area contributed by atoms with Crippen LogP contribution in [0.1, 0.15) is 17.2 Å². The number of rotatable bonds is 2. The normalized spacial score (nSPS) is 18.4. The summed E-state index contributed by atoms with van der Waals surface area (Å²) in [6.07, 6.45) is -4.61. The van der Waals surface area contributed by atoms with E-state index in [0.29, 0.717) is 35.0 Å². The van der Waals surface area contributed by atoms with Crippen LogP contribution in [0.3, 0.4) is 0 Å². The summed E-state index contributed by atoms with van der Waals surface area (Å²) in [4.78, 5) is 6.41. The number of phenols is 1. The number of phenolic OH excluding ortho intramolecular Hbond substituents is 1. The van der Waals surface area contributed by atoms with E-state index < -0.39 is 11.7 Å². The first-order valence-electron chi connectivity index (χ1n) is 8.03. The monoisotopic (exact) mass is 380 g/mol. The van der Waals surface area contributed by atoms with Crippen molar-refractivity contribution >= 4 is 26.7 Å². The van der Waals surface area contributed by atoms with Gasteiger partial charge in [-0.15, -0.1) is 0 Å². The molecule has 1 aliphatic heterocycles. The number of thiazole rings is 1. The third-order valence-electron chi connectivity index (χ3n) is 4.28. The van der Waals surface area contributed by atoms with Crippen LogP contribution in [0.2, 0.25) is 0 Å². The Morgan fingerprint density at radius 3 is 2.81 bits per heavy atom. The zero-order valence-corrected chi connectivity index (χ0v) is 14.3. The SMILES string of the molecule is Oc1cccc([C@H]2CN(c3nc4cc(C(F)(F)F)ccc4s3)CCO2)c1. The number of morpholine rings is 1. The lowest BCUT2D eigenvalue weighted by atomic mass is 10.1. The molecule has 2 aromatic carbocycles. The average molecular weight is 380 g/mol. The molecule has 0 aliphatic carbocycles. The van der Waals surface area contributed by atoms with Crippen LogP contribution in [0.5, 0.6) is 5.75 Å². The molecule has 0 saturated carbocycles. The number of aromatic hydroxyl groups is 1. The molecular formula is C18H15F3N2O2S. The zero-order chi connectivity index (χ0) is 18.3. The largest absolute Gasteiger partial charge is 0.508 e. The topological polar surface area (TPSA) is 45.6 Å². The third kappa shape index (κ3) is 3.34. The standard InChI is InChI=1S/C18H15F3N2O2S/c19-18(20,21)12-4-5-16-14(9-12)22-17(26-16)23-6-7-25-15(10-23)11-2-1-3-13(24)8-11/h1-5,8-9,15,24H,6-7,10H2/t15-/m1/s1. The fourth-order valence-corrected chi connectivity index (χ4v) is 3.96. The number of fused-ring (bicyclic) bond motifs is 1. The summed E-state index contributed by atoms with van der Waals surface area (Å²) in [7, 11) is 0. The highest BCUT2D eigenvalue weighted by Gasteiger charge is 2.31. The number of hydrogen-bond donors (Lipinski definition) is 1. The van der Waals surface area contributed by atoms with Gasteiger partial charge in [0.2, 0.25) is 0 Å². The lowest BCUT2D eigenvalue weighted by molar-refractivity contribution is -0.137. The molecule has 4 nitrogen and oxygen atoms in total. The van der Waals surface area contributed by atoms with Crippen LogP contribution in [0.25, 0.3) is 10.2 Å². The van der Waals surface area contributed by atoms with Crippen LogP contribution in [0.15, 0.2) is 42.5 Å². The van der Waals surface area contributed by atoms with E-state index in [9.17, 15) is 18.3 Å². The van der Waals surface area contributed by atoms with Gasteiger partial charge >= 0.3 is 6.18 Å². The van der Waals surface area contributed by atoms with E-state index in [2.05, 4.69) is 4.98 Å². The molecule has 1 atom stereocenters. The van der Waals surface area contributed by atoms with Crippen molar-refractivity contribution in [2.45, 2.75) is 12.3 Å². The Kier molecular flexibility index (Phi) is 4.24. The molecule has 1 aromatic heterocycles. The van der Waals surface area contributed by atoms with Gasteiger partial charge in [-0.3, -0.25) is 0 Å². The highest BCUT2D eigenvalue weighted by molar-refractivity contribution is 7.22. The van der Waals surface area contributed by atoms with Gasteiger partial charge in [-0.1, -0.05) is 23.5 Å². The maximum atomic E-state index is 12.9. The van der Waals surface area contributed by atoms with Gasteiger partial charge in [-0.05, 0) is 35.9 Å². The Labute approximate surface area is 151 Å². The average Bonchev–Trinajstić information content (AvgIpc) is 3.04. The molecule has 0 unspecified atom stereocenters. The molecule has 1 N–H and O–H groups in total. The predicted octanol–water partition coefficient (Wildman–Crippen LogP) is 4.60. The molecule has 3 aromatic rings. The van der Waals surface area contributed by atoms with Crippen LogP contribution in [0.4, 0.5) is 18.3 Å². The molecule has 136 valence electrons. The molecular weight excluding hydrogens is 365 g/mol. The van der Waals surface area contributed by atoms with Crippen LogP contribution >= 0.6 is 11.3 Å². The molecule has 0 amide bonds. The summed E-state index contributed by atoms with van der Waals surface area (Å²) in [5.74, 6) is 0.169. The van der Waals surface area contributed by atoms with Crippen molar-refractivity contribution in [3.63, 3.8) is 0 Å². The van der Waals surface area contributed by atoms with Crippen molar-refractivity contribution in [1.82, 2.24) is 4.98 Å². The second-order valence-corrected chi connectivity index (χ2v) is 7.09. The van der Waals surface area contributed by atoms with E-state index in [4.69, 9.17) is 4.74 Å². The summed E-state index contributed by atoms with van der Waals surface area (Å²) in [6, 6.07) is 10.5. The molecule has 8 heteroatoms. The minimum atomic E-state index is -4.38. The van der Waals surface area contributed by atoms with Crippen molar-refractivity contribution in [2.24, 2.45) is 0 Å². The highest BCUT2D eigenvalue weighted by Crippen LogP contribution is 2.36. The molecule has 0 bridgehead atoms. The van der Waals surface area contributed by atoms with Gasteiger partial charge in [0.1, 0.15) is 11.9 Å². The third-order valence-corrected chi connectivity index (χ3v) is 5.38. The van der Waals surface area contributed by atoms with Gasteiger partial charge in [-0.25, -0.2) is 4.98 Å². The Bertz CT molecular complexity index is 942. The Morgan fingerprint density at radius 2 is 2.04 bits per heavy atom. The smallest absolute Gasteiger partial charge is 0.416 e. The van der Waals surface area contributed by atoms with E-state index in [1.54, 1.807) is 18.2 Å². The summed E-state index contributed by atoms with van der Waals surface area (Å²) >= 11 is 1.37. The minimum absolute atomic E-state index is 0.169.